The van der Waals surface area contributed by atoms with E-state index in [2.05, 4.69) is 10.2 Å². The minimum Gasteiger partial charge on any atom is -0.355 e. The summed E-state index contributed by atoms with van der Waals surface area (Å²) in [5.74, 6) is 4.42. The van der Waals surface area contributed by atoms with Crippen LogP contribution in [0.4, 0.5) is 0 Å². The quantitative estimate of drug-likeness (QED) is 0.776. The van der Waals surface area contributed by atoms with E-state index in [4.69, 9.17) is 0 Å². The van der Waals surface area contributed by atoms with Gasteiger partial charge in [-0.25, -0.2) is 8.42 Å². The molecule has 4 aliphatic carbocycles. The number of sulfonamides is 1. The largest absolute Gasteiger partial charge is 0.355 e. The Hall–Kier alpha value is -0.660. The number of carbonyl (C=O) groups is 1. The smallest absolute Gasteiger partial charge is 0.234 e. The molecule has 0 atom stereocenters. The van der Waals surface area contributed by atoms with Crippen LogP contribution in [0.15, 0.2) is 0 Å². The summed E-state index contributed by atoms with van der Waals surface area (Å²) in [5, 5.41) is 3.19. The summed E-state index contributed by atoms with van der Waals surface area (Å²) in [7, 11) is -3.11. The van der Waals surface area contributed by atoms with Crippen molar-refractivity contribution in [1.82, 2.24) is 14.5 Å². The van der Waals surface area contributed by atoms with Gasteiger partial charge in [-0.1, -0.05) is 0 Å². The number of nitrogens with zero attached hydrogens (tertiary/aromatic N) is 2. The summed E-state index contributed by atoms with van der Waals surface area (Å²) in [5.41, 5.74) is 0. The Balaban J connectivity index is 1.21. The molecule has 6 nitrogen and oxygen atoms in total. The molecular formula is C18H31N3O3S. The monoisotopic (exact) mass is 369 g/mol. The number of rotatable bonds is 5. The minimum absolute atomic E-state index is 0.0987. The summed E-state index contributed by atoms with van der Waals surface area (Å²) in [6, 6.07) is 0. The van der Waals surface area contributed by atoms with Crippen LogP contribution in [-0.4, -0.2) is 69.1 Å². The number of amides is 1. The van der Waals surface area contributed by atoms with Crippen molar-refractivity contribution in [2.45, 2.75) is 32.1 Å². The molecule has 1 heterocycles. The lowest BCUT2D eigenvalue weighted by atomic mass is 9.52. The van der Waals surface area contributed by atoms with Gasteiger partial charge in [0.05, 0.1) is 12.8 Å². The fraction of sp³-hybridized carbons (Fsp3) is 0.944. The third-order valence-electron chi connectivity index (χ3n) is 7.12. The van der Waals surface area contributed by atoms with E-state index < -0.39 is 10.0 Å². The van der Waals surface area contributed by atoms with E-state index in [1.165, 1.54) is 42.7 Å². The van der Waals surface area contributed by atoms with Gasteiger partial charge in [-0.15, -0.1) is 0 Å². The Morgan fingerprint density at radius 1 is 0.960 bits per heavy atom. The highest BCUT2D eigenvalue weighted by atomic mass is 32.2. The van der Waals surface area contributed by atoms with Crippen LogP contribution in [0.5, 0.6) is 0 Å². The van der Waals surface area contributed by atoms with Crippen LogP contribution in [0.1, 0.15) is 32.1 Å². The molecule has 5 fully saturated rings. The fourth-order valence-corrected chi connectivity index (χ4v) is 6.91. The molecule has 1 amide bonds. The first-order valence-electron chi connectivity index (χ1n) is 9.82. The molecule has 1 aliphatic heterocycles. The van der Waals surface area contributed by atoms with Gasteiger partial charge in [-0.3, -0.25) is 9.69 Å². The van der Waals surface area contributed by atoms with Crippen LogP contribution < -0.4 is 5.32 Å². The fourth-order valence-electron chi connectivity index (χ4n) is 6.08. The summed E-state index contributed by atoms with van der Waals surface area (Å²) in [6.45, 7) is 3.49. The van der Waals surface area contributed by atoms with Crippen molar-refractivity contribution in [3.8, 4) is 0 Å². The maximum absolute atomic E-state index is 12.3. The van der Waals surface area contributed by atoms with E-state index in [1.807, 2.05) is 0 Å². The van der Waals surface area contributed by atoms with Crippen molar-refractivity contribution in [3.05, 3.63) is 0 Å². The van der Waals surface area contributed by atoms with Crippen molar-refractivity contribution in [1.29, 1.82) is 0 Å². The lowest BCUT2D eigenvalue weighted by Crippen LogP contribution is -2.52. The number of nitrogens with one attached hydrogen (secondary N) is 1. The van der Waals surface area contributed by atoms with Crippen LogP contribution in [-0.2, 0) is 14.8 Å². The van der Waals surface area contributed by atoms with Gasteiger partial charge in [-0.2, -0.15) is 4.31 Å². The first kappa shape index (κ1) is 17.7. The zero-order chi connectivity index (χ0) is 17.6. The number of hydrogen-bond acceptors (Lipinski definition) is 4. The molecule has 4 bridgehead atoms. The highest BCUT2D eigenvalue weighted by molar-refractivity contribution is 7.88. The minimum atomic E-state index is -3.11. The Morgan fingerprint density at radius 3 is 2.04 bits per heavy atom. The summed E-state index contributed by atoms with van der Waals surface area (Å²) in [6.07, 6.45) is 8.27. The molecular weight excluding hydrogens is 338 g/mol. The number of piperazine rings is 1. The molecule has 0 aromatic heterocycles. The summed E-state index contributed by atoms with van der Waals surface area (Å²) in [4.78, 5) is 14.4. The van der Waals surface area contributed by atoms with Crippen molar-refractivity contribution >= 4 is 15.9 Å². The highest BCUT2D eigenvalue weighted by Crippen LogP contribution is 2.56. The molecule has 0 unspecified atom stereocenters. The predicted octanol–water partition coefficient (Wildman–Crippen LogP) is 0.752. The van der Waals surface area contributed by atoms with E-state index in [0.29, 0.717) is 38.6 Å². The predicted molar refractivity (Wildman–Crippen MR) is 96.4 cm³/mol. The Labute approximate surface area is 151 Å². The molecule has 0 spiro atoms. The molecule has 4 saturated carbocycles. The molecule has 0 radical (unpaired) electrons. The lowest BCUT2D eigenvalue weighted by molar-refractivity contribution is -0.123. The van der Waals surface area contributed by atoms with Gasteiger partial charge in [0, 0.05) is 32.7 Å². The van der Waals surface area contributed by atoms with Crippen LogP contribution in [0.25, 0.3) is 0 Å². The topological polar surface area (TPSA) is 69.7 Å². The molecule has 1 N–H and O–H groups in total. The van der Waals surface area contributed by atoms with Gasteiger partial charge in [0.2, 0.25) is 15.9 Å². The molecule has 5 aliphatic rings. The van der Waals surface area contributed by atoms with Gasteiger partial charge in [0.1, 0.15) is 0 Å². The van der Waals surface area contributed by atoms with E-state index in [-0.39, 0.29) is 5.91 Å². The van der Waals surface area contributed by atoms with Gasteiger partial charge in [0.25, 0.3) is 0 Å². The molecule has 142 valence electrons. The maximum Gasteiger partial charge on any atom is 0.234 e. The Bertz CT molecular complexity index is 585. The maximum atomic E-state index is 12.3. The average molecular weight is 370 g/mol. The van der Waals surface area contributed by atoms with E-state index in [9.17, 15) is 13.2 Å². The Morgan fingerprint density at radius 2 is 1.52 bits per heavy atom. The molecule has 0 aromatic rings. The first-order valence-corrected chi connectivity index (χ1v) is 11.7. The van der Waals surface area contributed by atoms with Crippen LogP contribution in [0.3, 0.4) is 0 Å². The van der Waals surface area contributed by atoms with Crippen molar-refractivity contribution < 1.29 is 13.2 Å². The third-order valence-corrected chi connectivity index (χ3v) is 8.43. The summed E-state index contributed by atoms with van der Waals surface area (Å²) < 4.78 is 24.6. The normalized spacial score (nSPS) is 38.8. The molecule has 0 aromatic carbocycles. The zero-order valence-corrected chi connectivity index (χ0v) is 16.0. The Kier molecular flexibility index (Phi) is 4.84. The van der Waals surface area contributed by atoms with E-state index >= 15 is 0 Å². The van der Waals surface area contributed by atoms with Gasteiger partial charge >= 0.3 is 0 Å². The molecule has 7 heteroatoms. The first-order chi connectivity index (χ1) is 11.9. The molecule has 5 rings (SSSR count). The van der Waals surface area contributed by atoms with Gasteiger partial charge in [-0.05, 0) is 61.7 Å². The van der Waals surface area contributed by atoms with Crippen LogP contribution in [0, 0.1) is 29.6 Å². The molecule has 25 heavy (non-hydrogen) atoms. The van der Waals surface area contributed by atoms with Crippen molar-refractivity contribution in [2.75, 3.05) is 45.5 Å². The summed E-state index contributed by atoms with van der Waals surface area (Å²) >= 11 is 0. The van der Waals surface area contributed by atoms with Crippen LogP contribution >= 0.6 is 0 Å². The zero-order valence-electron chi connectivity index (χ0n) is 15.2. The van der Waals surface area contributed by atoms with E-state index in [0.717, 1.165) is 30.2 Å². The lowest BCUT2D eigenvalue weighted by Gasteiger charge is -2.54. The van der Waals surface area contributed by atoms with Crippen molar-refractivity contribution in [2.24, 2.45) is 29.6 Å². The van der Waals surface area contributed by atoms with Crippen molar-refractivity contribution in [3.63, 3.8) is 0 Å². The van der Waals surface area contributed by atoms with Gasteiger partial charge in [0.15, 0.2) is 0 Å². The SMILES string of the molecule is CS(=O)(=O)N1CCN(CC(=O)NCC2C3CC4CC(C3)CC2C4)CC1. The van der Waals surface area contributed by atoms with E-state index in [1.54, 1.807) is 0 Å². The standard InChI is InChI=1S/C18H31N3O3S/c1-25(23,24)21-4-2-20(3-5-21)12-18(22)19-11-17-15-7-13-6-14(9-15)10-16(17)8-13/h13-17H,2-12H2,1H3,(H,19,22). The highest BCUT2D eigenvalue weighted by Gasteiger charge is 2.47. The van der Waals surface area contributed by atoms with Crippen LogP contribution in [0.2, 0.25) is 0 Å². The third kappa shape index (κ3) is 3.88. The number of hydrogen-bond donors (Lipinski definition) is 1. The average Bonchev–Trinajstić information content (AvgIpc) is 2.53. The van der Waals surface area contributed by atoms with Gasteiger partial charge < -0.3 is 5.32 Å². The second-order valence-electron chi connectivity index (χ2n) is 8.84. The number of carbonyl (C=O) groups excluding carboxylic acids is 1. The molecule has 1 saturated heterocycles. The second-order valence-corrected chi connectivity index (χ2v) is 10.8. The second kappa shape index (κ2) is 6.82.